The Morgan fingerprint density at radius 1 is 0.517 bits per heavy atom. The molecule has 0 bridgehead atoms. The molecule has 0 fully saturated rings. The molecule has 29 heavy (non-hydrogen) atoms. The van der Waals surface area contributed by atoms with Crippen molar-refractivity contribution in [1.82, 2.24) is 0 Å². The molecular formula is C25H53O3P. The third-order valence-corrected chi connectivity index (χ3v) is 7.85. The fourth-order valence-corrected chi connectivity index (χ4v) is 5.20. The van der Waals surface area contributed by atoms with Crippen LogP contribution in [0.1, 0.15) is 142 Å². The van der Waals surface area contributed by atoms with E-state index in [1.54, 1.807) is 0 Å². The molecule has 0 N–H and O–H groups in total. The standard InChI is InChI=1S/C25H53O3P/c1-4-6-8-9-10-11-12-13-14-15-16-17-18-19-20-21-22-23-25-29(26,27-3)28-24-7-5-2/h4-25H2,1-3H3. The average Bonchev–Trinajstić information content (AvgIpc) is 2.73. The minimum absolute atomic E-state index is 0.556. The predicted octanol–water partition coefficient (Wildman–Crippen LogP) is 9.68. The molecule has 0 aromatic heterocycles. The first kappa shape index (κ1) is 29.1. The third-order valence-electron chi connectivity index (χ3n) is 5.85. The molecule has 0 heterocycles. The number of rotatable bonds is 24. The highest BCUT2D eigenvalue weighted by Crippen LogP contribution is 2.48. The summed E-state index contributed by atoms with van der Waals surface area (Å²) in [5, 5.41) is 0. The van der Waals surface area contributed by atoms with Crippen molar-refractivity contribution in [3.05, 3.63) is 0 Å². The van der Waals surface area contributed by atoms with Crippen LogP contribution in [0.15, 0.2) is 0 Å². The van der Waals surface area contributed by atoms with Crippen molar-refractivity contribution in [2.45, 2.75) is 142 Å². The van der Waals surface area contributed by atoms with E-state index < -0.39 is 7.60 Å². The van der Waals surface area contributed by atoms with Gasteiger partial charge in [-0.25, -0.2) is 0 Å². The van der Waals surface area contributed by atoms with E-state index in [0.29, 0.717) is 12.8 Å². The zero-order chi connectivity index (χ0) is 21.5. The molecule has 1 unspecified atom stereocenters. The monoisotopic (exact) mass is 432 g/mol. The summed E-state index contributed by atoms with van der Waals surface area (Å²) < 4.78 is 23.0. The van der Waals surface area contributed by atoms with Gasteiger partial charge in [-0.2, -0.15) is 0 Å². The Morgan fingerprint density at radius 3 is 1.21 bits per heavy atom. The van der Waals surface area contributed by atoms with Crippen LogP contribution in [0.3, 0.4) is 0 Å². The van der Waals surface area contributed by atoms with Crippen molar-refractivity contribution in [1.29, 1.82) is 0 Å². The molecule has 3 nitrogen and oxygen atoms in total. The smallest absolute Gasteiger partial charge is 0.312 e. The van der Waals surface area contributed by atoms with Crippen LogP contribution in [0, 0.1) is 0 Å². The second kappa shape index (κ2) is 22.8. The first-order chi connectivity index (χ1) is 14.2. The highest BCUT2D eigenvalue weighted by atomic mass is 31.2. The topological polar surface area (TPSA) is 35.5 Å². The van der Waals surface area contributed by atoms with E-state index >= 15 is 0 Å². The fourth-order valence-electron chi connectivity index (χ4n) is 3.76. The van der Waals surface area contributed by atoms with Crippen LogP contribution < -0.4 is 0 Å². The highest BCUT2D eigenvalue weighted by Gasteiger charge is 2.21. The van der Waals surface area contributed by atoms with Crippen molar-refractivity contribution < 1.29 is 13.6 Å². The summed E-state index contributed by atoms with van der Waals surface area (Å²) in [5.74, 6) is 0. The van der Waals surface area contributed by atoms with Gasteiger partial charge in [0, 0.05) is 7.11 Å². The maximum Gasteiger partial charge on any atom is 0.330 e. The summed E-state index contributed by atoms with van der Waals surface area (Å²) in [6.45, 7) is 4.95. The van der Waals surface area contributed by atoms with E-state index in [2.05, 4.69) is 13.8 Å². The second-order valence-corrected chi connectivity index (χ2v) is 11.0. The Bertz CT molecular complexity index is 360. The van der Waals surface area contributed by atoms with Gasteiger partial charge >= 0.3 is 7.60 Å². The van der Waals surface area contributed by atoms with Gasteiger partial charge in [0.1, 0.15) is 0 Å². The third kappa shape index (κ3) is 21.2. The maximum atomic E-state index is 12.4. The van der Waals surface area contributed by atoms with Gasteiger partial charge in [0.2, 0.25) is 0 Å². The Morgan fingerprint density at radius 2 is 0.862 bits per heavy atom. The zero-order valence-corrected chi connectivity index (χ0v) is 21.1. The molecule has 0 aliphatic carbocycles. The SMILES string of the molecule is CCCCCCCCCCCCCCCCCCCCP(=O)(OC)OCCCC. The molecule has 0 radical (unpaired) electrons. The number of unbranched alkanes of at least 4 members (excludes halogenated alkanes) is 18. The van der Waals surface area contributed by atoms with E-state index in [-0.39, 0.29) is 0 Å². The van der Waals surface area contributed by atoms with Gasteiger partial charge in [-0.05, 0) is 12.8 Å². The normalized spacial score (nSPS) is 13.6. The molecule has 0 saturated heterocycles. The van der Waals surface area contributed by atoms with E-state index in [4.69, 9.17) is 9.05 Å². The predicted molar refractivity (Wildman–Crippen MR) is 129 cm³/mol. The largest absolute Gasteiger partial charge is 0.330 e. The molecule has 0 spiro atoms. The van der Waals surface area contributed by atoms with Gasteiger partial charge in [0.25, 0.3) is 0 Å². The molecule has 0 aromatic carbocycles. The lowest BCUT2D eigenvalue weighted by atomic mass is 10.0. The quantitative estimate of drug-likeness (QED) is 0.112. The summed E-state index contributed by atoms with van der Waals surface area (Å²) in [7, 11) is -1.31. The highest BCUT2D eigenvalue weighted by molar-refractivity contribution is 7.53. The van der Waals surface area contributed by atoms with Crippen molar-refractivity contribution in [2.75, 3.05) is 19.9 Å². The molecular weight excluding hydrogens is 379 g/mol. The van der Waals surface area contributed by atoms with Gasteiger partial charge in [-0.15, -0.1) is 0 Å². The molecule has 0 aliphatic rings. The lowest BCUT2D eigenvalue weighted by Gasteiger charge is -2.16. The van der Waals surface area contributed by atoms with E-state index in [0.717, 1.165) is 25.7 Å². The van der Waals surface area contributed by atoms with Crippen molar-refractivity contribution in [3.8, 4) is 0 Å². The van der Waals surface area contributed by atoms with Crippen molar-refractivity contribution in [2.24, 2.45) is 0 Å². The van der Waals surface area contributed by atoms with E-state index in [9.17, 15) is 4.57 Å². The van der Waals surface area contributed by atoms with Crippen LogP contribution in [-0.4, -0.2) is 19.9 Å². The van der Waals surface area contributed by atoms with Crippen LogP contribution >= 0.6 is 7.60 Å². The van der Waals surface area contributed by atoms with Gasteiger partial charge < -0.3 is 9.05 Å². The minimum Gasteiger partial charge on any atom is -0.312 e. The number of hydrogen-bond donors (Lipinski definition) is 0. The van der Waals surface area contributed by atoms with Crippen LogP contribution in [-0.2, 0) is 13.6 Å². The molecule has 0 aliphatic heterocycles. The van der Waals surface area contributed by atoms with Gasteiger partial charge in [-0.3, -0.25) is 4.57 Å². The minimum atomic E-state index is -2.82. The van der Waals surface area contributed by atoms with Crippen molar-refractivity contribution in [3.63, 3.8) is 0 Å². The van der Waals surface area contributed by atoms with Gasteiger partial charge in [-0.1, -0.05) is 129 Å². The summed E-state index contributed by atoms with van der Waals surface area (Å²) in [6, 6.07) is 0. The Kier molecular flexibility index (Phi) is 22.9. The molecule has 4 heteroatoms. The van der Waals surface area contributed by atoms with Gasteiger partial charge in [0.15, 0.2) is 0 Å². The summed E-state index contributed by atoms with van der Waals surface area (Å²) >= 11 is 0. The van der Waals surface area contributed by atoms with Crippen LogP contribution in [0.2, 0.25) is 0 Å². The zero-order valence-electron chi connectivity index (χ0n) is 20.2. The van der Waals surface area contributed by atoms with E-state index in [1.165, 1.54) is 110 Å². The summed E-state index contributed by atoms with van der Waals surface area (Å²) in [5.41, 5.74) is 0. The van der Waals surface area contributed by atoms with E-state index in [1.807, 2.05) is 0 Å². The average molecular weight is 433 g/mol. The maximum absolute atomic E-state index is 12.4. The molecule has 0 saturated carbocycles. The second-order valence-electron chi connectivity index (χ2n) is 8.71. The first-order valence-electron chi connectivity index (χ1n) is 13.0. The molecule has 176 valence electrons. The molecule has 0 aromatic rings. The molecule has 0 amide bonds. The number of hydrogen-bond acceptors (Lipinski definition) is 3. The lowest BCUT2D eigenvalue weighted by molar-refractivity contribution is 0.229. The first-order valence-corrected chi connectivity index (χ1v) is 14.7. The molecule has 1 atom stereocenters. The van der Waals surface area contributed by atoms with Crippen LogP contribution in [0.5, 0.6) is 0 Å². The summed E-state index contributed by atoms with van der Waals surface area (Å²) in [6.07, 6.45) is 27.1. The van der Waals surface area contributed by atoms with Gasteiger partial charge in [0.05, 0.1) is 12.8 Å². The van der Waals surface area contributed by atoms with Crippen LogP contribution in [0.4, 0.5) is 0 Å². The van der Waals surface area contributed by atoms with Crippen LogP contribution in [0.25, 0.3) is 0 Å². The van der Waals surface area contributed by atoms with Crippen molar-refractivity contribution >= 4 is 7.60 Å². The Balaban J connectivity index is 3.26. The fraction of sp³-hybridized carbons (Fsp3) is 1.00. The Hall–Kier alpha value is 0.150. The lowest BCUT2D eigenvalue weighted by Crippen LogP contribution is -1.99. The summed E-state index contributed by atoms with van der Waals surface area (Å²) in [4.78, 5) is 0. The molecule has 0 rings (SSSR count). The Labute approximate surface area is 183 Å².